The highest BCUT2D eigenvalue weighted by molar-refractivity contribution is 8.16. The maximum Gasteiger partial charge on any atom is 0.250 e. The van der Waals surface area contributed by atoms with Gasteiger partial charge >= 0.3 is 0 Å². The Morgan fingerprint density at radius 2 is 2.00 bits per heavy atom. The summed E-state index contributed by atoms with van der Waals surface area (Å²) in [6.45, 7) is 6.11. The number of aliphatic imine (C=N–C) groups is 1. The van der Waals surface area contributed by atoms with Crippen LogP contribution in [0, 0.1) is 5.92 Å². The highest BCUT2D eigenvalue weighted by Crippen LogP contribution is 2.41. The lowest BCUT2D eigenvalue weighted by molar-refractivity contribution is -0.120. The Morgan fingerprint density at radius 1 is 1.32 bits per heavy atom. The van der Waals surface area contributed by atoms with E-state index in [4.69, 9.17) is 4.74 Å². The summed E-state index contributed by atoms with van der Waals surface area (Å²) in [4.78, 5) is 18.3. The molecule has 1 aromatic rings. The van der Waals surface area contributed by atoms with E-state index in [9.17, 15) is 13.2 Å². The van der Waals surface area contributed by atoms with Gasteiger partial charge in [-0.2, -0.15) is 4.99 Å². The molecule has 8 heteroatoms. The molecule has 2 saturated heterocycles. The summed E-state index contributed by atoms with van der Waals surface area (Å²) in [5.41, 5.74) is 0.829. The van der Waals surface area contributed by atoms with Crippen LogP contribution in [0.5, 0.6) is 5.75 Å². The van der Waals surface area contributed by atoms with Crippen molar-refractivity contribution in [3.05, 3.63) is 24.3 Å². The van der Waals surface area contributed by atoms with Crippen LogP contribution in [0.1, 0.15) is 20.8 Å². The average Bonchev–Trinajstić information content (AvgIpc) is 2.99. The van der Waals surface area contributed by atoms with E-state index >= 15 is 0 Å². The molecular formula is C17H22N2O4S2. The summed E-state index contributed by atoms with van der Waals surface area (Å²) >= 11 is 1.39. The Hall–Kier alpha value is -1.54. The zero-order chi connectivity index (χ0) is 18.2. The number of thioether (sulfide) groups is 1. The Kier molecular flexibility index (Phi) is 5.11. The number of benzene rings is 1. The molecule has 0 spiro atoms. The summed E-state index contributed by atoms with van der Waals surface area (Å²) in [6, 6.07) is 7.28. The van der Waals surface area contributed by atoms with Crippen LogP contribution in [0.25, 0.3) is 0 Å². The molecule has 3 rings (SSSR count). The van der Waals surface area contributed by atoms with E-state index in [2.05, 4.69) is 4.99 Å². The number of anilines is 1. The van der Waals surface area contributed by atoms with Gasteiger partial charge in [-0.05, 0) is 31.2 Å². The number of carbonyl (C=O) groups is 1. The minimum Gasteiger partial charge on any atom is -0.494 e. The largest absolute Gasteiger partial charge is 0.494 e. The summed E-state index contributed by atoms with van der Waals surface area (Å²) in [5, 5.41) is 0.503. The van der Waals surface area contributed by atoms with Crippen LogP contribution >= 0.6 is 11.8 Å². The van der Waals surface area contributed by atoms with E-state index in [0.717, 1.165) is 11.4 Å². The number of amidine groups is 1. The first-order valence-electron chi connectivity index (χ1n) is 8.32. The molecule has 2 heterocycles. The van der Waals surface area contributed by atoms with E-state index in [1.807, 2.05) is 36.1 Å². The Morgan fingerprint density at radius 3 is 2.60 bits per heavy atom. The average molecular weight is 383 g/mol. The van der Waals surface area contributed by atoms with Crippen LogP contribution in [-0.4, -0.2) is 48.9 Å². The molecular weight excluding hydrogens is 360 g/mol. The quantitative estimate of drug-likeness (QED) is 0.796. The van der Waals surface area contributed by atoms with E-state index in [1.54, 1.807) is 13.8 Å². The standard InChI is InChI=1S/C17H22N2O4S2/c1-4-23-13-7-5-12(6-8-13)19-14-9-25(21,22)10-15(14)24-17(19)18-16(20)11(2)3/h5-8,11,14-15H,4,9-10H2,1-3H3/t14-,15+/m0/s1. The summed E-state index contributed by atoms with van der Waals surface area (Å²) < 4.78 is 29.5. The SMILES string of the molecule is CCOc1ccc(N2C(=NC(=O)C(C)C)S[C@@H]3CS(=O)(=O)C[C@@H]32)cc1. The lowest BCUT2D eigenvalue weighted by Gasteiger charge is -2.24. The molecule has 1 aromatic carbocycles. The number of sulfone groups is 1. The van der Waals surface area contributed by atoms with Gasteiger partial charge in [-0.25, -0.2) is 8.42 Å². The summed E-state index contributed by atoms with van der Waals surface area (Å²) in [6.07, 6.45) is 0. The van der Waals surface area contributed by atoms with Crippen LogP contribution in [0.15, 0.2) is 29.3 Å². The van der Waals surface area contributed by atoms with Crippen molar-refractivity contribution in [2.75, 3.05) is 23.0 Å². The number of carbonyl (C=O) groups excluding carboxylic acids is 1. The van der Waals surface area contributed by atoms with Crippen molar-refractivity contribution in [1.82, 2.24) is 0 Å². The molecule has 6 nitrogen and oxygen atoms in total. The molecule has 2 aliphatic rings. The van der Waals surface area contributed by atoms with Crippen LogP contribution in [0.4, 0.5) is 5.69 Å². The molecule has 0 saturated carbocycles. The number of amides is 1. The second-order valence-corrected chi connectivity index (χ2v) is 9.84. The van der Waals surface area contributed by atoms with Gasteiger partial charge in [0.25, 0.3) is 5.91 Å². The molecule has 0 N–H and O–H groups in total. The van der Waals surface area contributed by atoms with Gasteiger partial charge in [-0.15, -0.1) is 0 Å². The zero-order valence-corrected chi connectivity index (χ0v) is 16.1. The van der Waals surface area contributed by atoms with E-state index < -0.39 is 9.84 Å². The van der Waals surface area contributed by atoms with Gasteiger partial charge in [0.05, 0.1) is 24.2 Å². The third kappa shape index (κ3) is 3.84. The molecule has 0 radical (unpaired) electrons. The maximum atomic E-state index is 12.1. The molecule has 136 valence electrons. The first-order chi connectivity index (χ1) is 11.8. The first-order valence-corrected chi connectivity index (χ1v) is 11.0. The molecule has 0 unspecified atom stereocenters. The van der Waals surface area contributed by atoms with Gasteiger partial charge < -0.3 is 9.64 Å². The fraction of sp³-hybridized carbons (Fsp3) is 0.529. The number of hydrogen-bond donors (Lipinski definition) is 0. The highest BCUT2D eigenvalue weighted by atomic mass is 32.2. The third-order valence-corrected chi connectivity index (χ3v) is 7.40. The first kappa shape index (κ1) is 18.3. The predicted molar refractivity (Wildman–Crippen MR) is 101 cm³/mol. The zero-order valence-electron chi connectivity index (χ0n) is 14.5. The van der Waals surface area contributed by atoms with Gasteiger partial charge in [0.1, 0.15) is 5.75 Å². The number of fused-ring (bicyclic) bond motifs is 1. The minimum atomic E-state index is -3.06. The minimum absolute atomic E-state index is 0.0877. The molecule has 2 fully saturated rings. The number of hydrogen-bond acceptors (Lipinski definition) is 5. The third-order valence-electron chi connectivity index (χ3n) is 4.19. The van der Waals surface area contributed by atoms with Crippen LogP contribution in [0.2, 0.25) is 0 Å². The van der Waals surface area contributed by atoms with E-state index in [-0.39, 0.29) is 34.6 Å². The molecule has 25 heavy (non-hydrogen) atoms. The van der Waals surface area contributed by atoms with Crippen molar-refractivity contribution in [2.24, 2.45) is 10.9 Å². The molecule has 0 aliphatic carbocycles. The second-order valence-electron chi connectivity index (χ2n) is 6.48. The lowest BCUT2D eigenvalue weighted by atomic mass is 10.2. The Balaban J connectivity index is 1.96. The van der Waals surface area contributed by atoms with Crippen LogP contribution < -0.4 is 9.64 Å². The molecule has 1 amide bonds. The molecule has 0 bridgehead atoms. The highest BCUT2D eigenvalue weighted by Gasteiger charge is 2.49. The number of nitrogens with zero attached hydrogens (tertiary/aromatic N) is 2. The fourth-order valence-corrected chi connectivity index (χ4v) is 6.88. The van der Waals surface area contributed by atoms with Gasteiger partial charge in [-0.1, -0.05) is 25.6 Å². The molecule has 2 atom stereocenters. The van der Waals surface area contributed by atoms with Gasteiger partial charge in [0.2, 0.25) is 0 Å². The van der Waals surface area contributed by atoms with Crippen molar-refractivity contribution >= 4 is 38.4 Å². The molecule has 0 aromatic heterocycles. The maximum absolute atomic E-state index is 12.1. The van der Waals surface area contributed by atoms with Crippen LogP contribution in [-0.2, 0) is 14.6 Å². The summed E-state index contributed by atoms with van der Waals surface area (Å²) in [5.74, 6) is 0.587. The number of rotatable bonds is 4. The number of ether oxygens (including phenoxy) is 1. The van der Waals surface area contributed by atoms with Crippen molar-refractivity contribution in [3.8, 4) is 5.75 Å². The van der Waals surface area contributed by atoms with Crippen LogP contribution in [0.3, 0.4) is 0 Å². The summed E-state index contributed by atoms with van der Waals surface area (Å²) in [7, 11) is -3.06. The monoisotopic (exact) mass is 382 g/mol. The normalized spacial score (nSPS) is 26.2. The smallest absolute Gasteiger partial charge is 0.250 e. The topological polar surface area (TPSA) is 76.0 Å². The van der Waals surface area contributed by atoms with Gasteiger partial charge in [0, 0.05) is 16.9 Å². The van der Waals surface area contributed by atoms with Crippen molar-refractivity contribution < 1.29 is 17.9 Å². The lowest BCUT2D eigenvalue weighted by Crippen LogP contribution is -2.37. The fourth-order valence-electron chi connectivity index (χ4n) is 2.96. The van der Waals surface area contributed by atoms with Gasteiger partial charge in [-0.3, -0.25) is 4.79 Å². The van der Waals surface area contributed by atoms with Crippen molar-refractivity contribution in [3.63, 3.8) is 0 Å². The Labute approximate surface area is 152 Å². The second kappa shape index (κ2) is 6.99. The van der Waals surface area contributed by atoms with E-state index in [1.165, 1.54) is 11.8 Å². The predicted octanol–water partition coefficient (Wildman–Crippen LogP) is 2.34. The van der Waals surface area contributed by atoms with E-state index in [0.29, 0.717) is 11.8 Å². The van der Waals surface area contributed by atoms with Crippen molar-refractivity contribution in [1.29, 1.82) is 0 Å². The Bertz CT molecular complexity index is 787. The van der Waals surface area contributed by atoms with Gasteiger partial charge in [0.15, 0.2) is 15.0 Å². The van der Waals surface area contributed by atoms with Crippen molar-refractivity contribution in [2.45, 2.75) is 32.1 Å². The molecule has 2 aliphatic heterocycles.